The van der Waals surface area contributed by atoms with E-state index >= 15 is 0 Å². The quantitative estimate of drug-likeness (QED) is 0.183. The van der Waals surface area contributed by atoms with E-state index in [2.05, 4.69) is 20.9 Å². The molecule has 1 aromatic heterocycles. The number of pyridine rings is 1. The molecule has 4 atom stereocenters. The third-order valence-electron chi connectivity index (χ3n) is 6.68. The van der Waals surface area contributed by atoms with Gasteiger partial charge in [-0.3, -0.25) is 24.2 Å². The second kappa shape index (κ2) is 11.3. The number of rotatable bonds is 10. The fraction of sp³-hybridized carbons (Fsp3) is 0.250. The van der Waals surface area contributed by atoms with Gasteiger partial charge >= 0.3 is 0 Å². The number of nitrogens with one attached hydrogen (secondary N) is 3. The molecular formula is C28H28FN5O4. The lowest BCUT2D eigenvalue weighted by atomic mass is 9.71. The maximum absolute atomic E-state index is 13.9. The summed E-state index contributed by atoms with van der Waals surface area (Å²) < 4.78 is 13.6. The van der Waals surface area contributed by atoms with Gasteiger partial charge in [0, 0.05) is 30.4 Å². The number of hydrogen-bond donors (Lipinski definition) is 4. The molecule has 0 aliphatic carbocycles. The number of ketones is 1. The van der Waals surface area contributed by atoms with Crippen LogP contribution in [-0.2, 0) is 16.0 Å². The second-order valence-electron chi connectivity index (χ2n) is 9.28. The molecule has 10 heteroatoms. The van der Waals surface area contributed by atoms with Crippen molar-refractivity contribution < 1.29 is 23.6 Å². The maximum Gasteiger partial charge on any atom is 0.253 e. The van der Waals surface area contributed by atoms with Crippen molar-refractivity contribution in [3.8, 4) is 0 Å². The van der Waals surface area contributed by atoms with Gasteiger partial charge in [-0.25, -0.2) is 4.39 Å². The average molecular weight is 518 g/mol. The Morgan fingerprint density at radius 3 is 2.37 bits per heavy atom. The van der Waals surface area contributed by atoms with Crippen molar-refractivity contribution in [1.29, 1.82) is 0 Å². The average Bonchev–Trinajstić information content (AvgIpc) is 2.92. The number of benzene rings is 2. The highest BCUT2D eigenvalue weighted by Crippen LogP contribution is 2.32. The number of carbonyl (C=O) groups excluding carboxylic acids is 4. The van der Waals surface area contributed by atoms with Crippen molar-refractivity contribution in [2.75, 3.05) is 6.54 Å². The van der Waals surface area contributed by atoms with E-state index in [9.17, 15) is 23.6 Å². The van der Waals surface area contributed by atoms with Crippen LogP contribution in [-0.4, -0.2) is 46.7 Å². The van der Waals surface area contributed by atoms with Crippen molar-refractivity contribution in [1.82, 2.24) is 20.9 Å². The number of carbonyl (C=O) groups is 4. The fourth-order valence-electron chi connectivity index (χ4n) is 4.43. The monoisotopic (exact) mass is 517 g/mol. The number of halogens is 1. The predicted octanol–water partition coefficient (Wildman–Crippen LogP) is 1.60. The largest absolute Gasteiger partial charge is 0.355 e. The normalized spacial score (nSPS) is 17.7. The van der Waals surface area contributed by atoms with Crippen LogP contribution in [0.15, 0.2) is 79.1 Å². The molecular weight excluding hydrogens is 489 g/mol. The predicted molar refractivity (Wildman–Crippen MR) is 137 cm³/mol. The Hall–Kier alpha value is -4.44. The molecule has 196 valence electrons. The third kappa shape index (κ3) is 5.76. The Labute approximate surface area is 219 Å². The van der Waals surface area contributed by atoms with Gasteiger partial charge in [-0.2, -0.15) is 0 Å². The number of β-lactam (4-membered cyclic amide) rings is 1. The molecule has 1 fully saturated rings. The minimum absolute atomic E-state index is 0.0686. The summed E-state index contributed by atoms with van der Waals surface area (Å²) in [6.07, 6.45) is 3.08. The van der Waals surface area contributed by atoms with Crippen LogP contribution in [0.25, 0.3) is 0 Å². The van der Waals surface area contributed by atoms with Crippen LogP contribution in [0.1, 0.15) is 33.2 Å². The molecule has 38 heavy (non-hydrogen) atoms. The Kier molecular flexibility index (Phi) is 7.92. The summed E-state index contributed by atoms with van der Waals surface area (Å²) in [6.45, 7) is 1.73. The van der Waals surface area contributed by atoms with Gasteiger partial charge in [0.05, 0.1) is 11.5 Å². The summed E-state index contributed by atoms with van der Waals surface area (Å²) in [7, 11) is 0. The van der Waals surface area contributed by atoms with Crippen molar-refractivity contribution in [3.63, 3.8) is 0 Å². The van der Waals surface area contributed by atoms with Gasteiger partial charge in [0.15, 0.2) is 5.66 Å². The standard InChI is InChI=1S/C28H28FN5O4/c1-17(33-26(37)20-8-5-13-31-15-20)25(36)34-28(30,24(35)19-9-11-21(29)12-10-19)23(22-16-32-27(22)38)14-18-6-3-2-4-7-18/h2-13,15,17,22-23H,14,16,30H2,1H3,(H,32,38)(H,33,37)(H,34,36). The second-order valence-corrected chi connectivity index (χ2v) is 9.28. The van der Waals surface area contributed by atoms with Gasteiger partial charge in [0.2, 0.25) is 17.6 Å². The molecule has 3 amide bonds. The highest BCUT2D eigenvalue weighted by molar-refractivity contribution is 6.06. The van der Waals surface area contributed by atoms with Crippen LogP contribution in [0, 0.1) is 17.7 Å². The molecule has 9 nitrogen and oxygen atoms in total. The first-order chi connectivity index (χ1) is 18.2. The minimum atomic E-state index is -2.06. The lowest BCUT2D eigenvalue weighted by Crippen LogP contribution is -2.72. The zero-order valence-electron chi connectivity index (χ0n) is 20.7. The molecule has 0 spiro atoms. The number of nitrogens with zero attached hydrogens (tertiary/aromatic N) is 1. The van der Waals surface area contributed by atoms with E-state index < -0.39 is 47.0 Å². The van der Waals surface area contributed by atoms with Crippen molar-refractivity contribution in [2.45, 2.75) is 25.0 Å². The summed E-state index contributed by atoms with van der Waals surface area (Å²) in [4.78, 5) is 56.2. The third-order valence-corrected chi connectivity index (χ3v) is 6.68. The van der Waals surface area contributed by atoms with E-state index in [0.717, 1.165) is 17.7 Å². The number of aromatic nitrogens is 1. The molecule has 0 radical (unpaired) electrons. The highest BCUT2D eigenvalue weighted by Gasteiger charge is 2.51. The first-order valence-electron chi connectivity index (χ1n) is 12.1. The Morgan fingerprint density at radius 1 is 1.08 bits per heavy atom. The van der Waals surface area contributed by atoms with Gasteiger partial charge in [0.1, 0.15) is 11.9 Å². The van der Waals surface area contributed by atoms with Gasteiger partial charge in [-0.1, -0.05) is 30.3 Å². The molecule has 5 N–H and O–H groups in total. The zero-order chi connectivity index (χ0) is 27.3. The van der Waals surface area contributed by atoms with E-state index in [-0.39, 0.29) is 30.0 Å². The molecule has 3 aromatic rings. The molecule has 1 aliphatic heterocycles. The van der Waals surface area contributed by atoms with Gasteiger partial charge in [-0.05, 0) is 55.3 Å². The summed E-state index contributed by atoms with van der Waals surface area (Å²) in [5, 5.41) is 7.88. The van der Waals surface area contributed by atoms with Crippen molar-refractivity contribution in [2.24, 2.45) is 17.6 Å². The van der Waals surface area contributed by atoms with Crippen LogP contribution >= 0.6 is 0 Å². The smallest absolute Gasteiger partial charge is 0.253 e. The zero-order valence-corrected chi connectivity index (χ0v) is 20.7. The van der Waals surface area contributed by atoms with Gasteiger partial charge < -0.3 is 21.7 Å². The first-order valence-corrected chi connectivity index (χ1v) is 12.1. The van der Waals surface area contributed by atoms with Crippen molar-refractivity contribution in [3.05, 3.63) is 102 Å². The number of nitrogens with two attached hydrogens (primary N) is 1. The molecule has 0 saturated carbocycles. The SMILES string of the molecule is CC(NC(=O)c1cccnc1)C(=O)NC(N)(C(=O)c1ccc(F)cc1)C(Cc1ccccc1)C1CNC1=O. The van der Waals surface area contributed by atoms with Gasteiger partial charge in [0.25, 0.3) is 5.91 Å². The molecule has 4 unspecified atom stereocenters. The van der Waals surface area contributed by atoms with Crippen LogP contribution < -0.4 is 21.7 Å². The summed E-state index contributed by atoms with van der Waals surface area (Å²) in [5.41, 5.74) is 5.86. The van der Waals surface area contributed by atoms with E-state index in [0.29, 0.717) is 0 Å². The van der Waals surface area contributed by atoms with E-state index in [1.54, 1.807) is 12.1 Å². The molecule has 2 heterocycles. The van der Waals surface area contributed by atoms with E-state index in [1.807, 2.05) is 30.3 Å². The van der Waals surface area contributed by atoms with Crippen molar-refractivity contribution >= 4 is 23.5 Å². The molecule has 1 aliphatic rings. The molecule has 2 aromatic carbocycles. The summed E-state index contributed by atoms with van der Waals surface area (Å²) >= 11 is 0. The Bertz CT molecular complexity index is 1320. The first kappa shape index (κ1) is 26.6. The minimum Gasteiger partial charge on any atom is -0.355 e. The number of amides is 3. The van der Waals surface area contributed by atoms with E-state index in [4.69, 9.17) is 5.73 Å². The number of hydrogen-bond acceptors (Lipinski definition) is 6. The maximum atomic E-state index is 13.9. The fourth-order valence-corrected chi connectivity index (χ4v) is 4.43. The van der Waals surface area contributed by atoms with E-state index in [1.165, 1.54) is 31.5 Å². The molecule has 0 bridgehead atoms. The summed E-state index contributed by atoms with van der Waals surface area (Å²) in [6, 6.07) is 16.0. The van der Waals surface area contributed by atoms with Crippen LogP contribution in [0.5, 0.6) is 0 Å². The highest BCUT2D eigenvalue weighted by atomic mass is 19.1. The topological polar surface area (TPSA) is 143 Å². The Morgan fingerprint density at radius 2 is 1.79 bits per heavy atom. The summed E-state index contributed by atoms with van der Waals surface area (Å²) in [5.74, 6) is -4.28. The molecule has 4 rings (SSSR count). The van der Waals surface area contributed by atoms with Crippen LogP contribution in [0.4, 0.5) is 4.39 Å². The lowest BCUT2D eigenvalue weighted by Gasteiger charge is -2.44. The number of Topliss-reactive ketones (excluding diaryl/α,β-unsaturated/α-hetero) is 1. The molecule has 1 saturated heterocycles. The van der Waals surface area contributed by atoms with Crippen LogP contribution in [0.3, 0.4) is 0 Å². The van der Waals surface area contributed by atoms with Gasteiger partial charge in [-0.15, -0.1) is 0 Å². The van der Waals surface area contributed by atoms with Crippen LogP contribution in [0.2, 0.25) is 0 Å². The Balaban J connectivity index is 1.67. The lowest BCUT2D eigenvalue weighted by molar-refractivity contribution is -0.136.